The topological polar surface area (TPSA) is 46.9 Å². The third-order valence-corrected chi connectivity index (χ3v) is 4.58. The van der Waals surface area contributed by atoms with Crippen LogP contribution in [0.1, 0.15) is 28.2 Å². The Balaban J connectivity index is 1.64. The molecule has 0 spiro atoms. The third kappa shape index (κ3) is 4.73. The molecule has 27 heavy (non-hydrogen) atoms. The normalized spacial score (nSPS) is 11.1. The van der Waals surface area contributed by atoms with Gasteiger partial charge >= 0.3 is 0 Å². The molecule has 3 rings (SSSR count). The summed E-state index contributed by atoms with van der Waals surface area (Å²) in [5, 5.41) is 2.91. The van der Waals surface area contributed by atoms with Crippen molar-refractivity contribution < 1.29 is 4.79 Å². The van der Waals surface area contributed by atoms with E-state index in [1.165, 1.54) is 5.56 Å². The van der Waals surface area contributed by atoms with Gasteiger partial charge in [0.2, 0.25) is 5.91 Å². The van der Waals surface area contributed by atoms with Gasteiger partial charge in [-0.25, -0.2) is 0 Å². The molecule has 0 aliphatic rings. The summed E-state index contributed by atoms with van der Waals surface area (Å²) in [6.07, 6.45) is 5.96. The fourth-order valence-corrected chi connectivity index (χ4v) is 3.13. The summed E-state index contributed by atoms with van der Waals surface area (Å²) in [5.74, 6) is -0.0916. The highest BCUT2D eigenvalue weighted by atomic mass is 16.1. The lowest BCUT2D eigenvalue weighted by molar-refractivity contribution is -0.116. The van der Waals surface area contributed by atoms with Gasteiger partial charge in [-0.2, -0.15) is 0 Å². The maximum atomic E-state index is 12.1. The van der Waals surface area contributed by atoms with Crippen LogP contribution in [0.2, 0.25) is 0 Å². The Labute approximate surface area is 160 Å². The van der Waals surface area contributed by atoms with Crippen molar-refractivity contribution in [1.82, 2.24) is 14.9 Å². The van der Waals surface area contributed by atoms with Gasteiger partial charge in [-0.15, -0.1) is 0 Å². The Morgan fingerprint density at radius 3 is 2.59 bits per heavy atom. The zero-order valence-electron chi connectivity index (χ0n) is 16.1. The first-order valence-corrected chi connectivity index (χ1v) is 9.16. The molecule has 0 fully saturated rings. The number of rotatable bonds is 6. The van der Waals surface area contributed by atoms with Gasteiger partial charge in [-0.05, 0) is 62.7 Å². The van der Waals surface area contributed by atoms with E-state index < -0.39 is 0 Å². The molecule has 0 unspecified atom stereocenters. The quantitative estimate of drug-likeness (QED) is 0.672. The number of nitrogens with one attached hydrogen (secondary N) is 1. The highest BCUT2D eigenvalue weighted by molar-refractivity contribution is 5.91. The van der Waals surface area contributed by atoms with E-state index in [0.717, 1.165) is 34.8 Å². The number of carbonyl (C=O) groups excluding carboxylic acids is 1. The standard InChI is InChI=1S/C23H25N3O/c1-17-7-10-22(11-8-17)26-18(2)16-20(19(26)3)9-12-23(27)25-15-13-21-6-4-5-14-24-21/h4-12,14,16H,13,15H2,1-3H3,(H,25,27)/b12-9+. The monoisotopic (exact) mass is 359 g/mol. The molecular formula is C23H25N3O. The largest absolute Gasteiger partial charge is 0.352 e. The van der Waals surface area contributed by atoms with Crippen molar-refractivity contribution in [3.63, 3.8) is 0 Å². The Morgan fingerprint density at radius 1 is 1.11 bits per heavy atom. The average Bonchev–Trinajstić information content (AvgIpc) is 2.95. The van der Waals surface area contributed by atoms with Crippen molar-refractivity contribution in [2.75, 3.05) is 6.54 Å². The molecular weight excluding hydrogens is 334 g/mol. The maximum absolute atomic E-state index is 12.1. The van der Waals surface area contributed by atoms with Crippen molar-refractivity contribution in [1.29, 1.82) is 0 Å². The Hall–Kier alpha value is -3.14. The SMILES string of the molecule is Cc1ccc(-n2c(C)cc(/C=C/C(=O)NCCc3ccccn3)c2C)cc1. The molecule has 1 N–H and O–H groups in total. The molecule has 2 heterocycles. The molecule has 0 bridgehead atoms. The molecule has 0 saturated heterocycles. The number of nitrogens with zero attached hydrogens (tertiary/aromatic N) is 2. The van der Waals surface area contributed by atoms with Gasteiger partial charge in [0, 0.05) is 48.0 Å². The van der Waals surface area contributed by atoms with Crippen molar-refractivity contribution >= 4 is 12.0 Å². The second-order valence-corrected chi connectivity index (χ2v) is 6.69. The van der Waals surface area contributed by atoms with Crippen LogP contribution < -0.4 is 5.32 Å². The van der Waals surface area contributed by atoms with Crippen LogP contribution in [0.25, 0.3) is 11.8 Å². The van der Waals surface area contributed by atoms with E-state index in [4.69, 9.17) is 0 Å². The fourth-order valence-electron chi connectivity index (χ4n) is 3.13. The summed E-state index contributed by atoms with van der Waals surface area (Å²) in [5.41, 5.74) is 6.66. The lowest BCUT2D eigenvalue weighted by Gasteiger charge is -2.09. The molecule has 4 heteroatoms. The molecule has 0 atom stereocenters. The van der Waals surface area contributed by atoms with Gasteiger partial charge < -0.3 is 9.88 Å². The molecule has 2 aromatic heterocycles. The van der Waals surface area contributed by atoms with Crippen molar-refractivity contribution in [2.24, 2.45) is 0 Å². The van der Waals surface area contributed by atoms with E-state index in [0.29, 0.717) is 6.54 Å². The molecule has 1 amide bonds. The molecule has 0 radical (unpaired) electrons. The van der Waals surface area contributed by atoms with E-state index in [-0.39, 0.29) is 5.91 Å². The van der Waals surface area contributed by atoms with Gasteiger partial charge in [0.1, 0.15) is 0 Å². The summed E-state index contributed by atoms with van der Waals surface area (Å²) in [6, 6.07) is 16.4. The summed E-state index contributed by atoms with van der Waals surface area (Å²) >= 11 is 0. The van der Waals surface area contributed by atoms with Gasteiger partial charge in [0.25, 0.3) is 0 Å². The minimum atomic E-state index is -0.0916. The molecule has 0 aliphatic heterocycles. The highest BCUT2D eigenvalue weighted by Gasteiger charge is 2.09. The fraction of sp³-hybridized carbons (Fsp3) is 0.217. The first-order valence-electron chi connectivity index (χ1n) is 9.16. The van der Waals surface area contributed by atoms with Crippen LogP contribution >= 0.6 is 0 Å². The van der Waals surface area contributed by atoms with Crippen molar-refractivity contribution in [3.8, 4) is 5.69 Å². The van der Waals surface area contributed by atoms with Crippen LogP contribution in [0.5, 0.6) is 0 Å². The van der Waals surface area contributed by atoms with E-state index >= 15 is 0 Å². The van der Waals surface area contributed by atoms with Crippen LogP contribution in [0, 0.1) is 20.8 Å². The number of hydrogen-bond donors (Lipinski definition) is 1. The van der Waals surface area contributed by atoms with E-state index in [9.17, 15) is 4.79 Å². The second-order valence-electron chi connectivity index (χ2n) is 6.69. The number of aromatic nitrogens is 2. The smallest absolute Gasteiger partial charge is 0.244 e. The van der Waals surface area contributed by atoms with Crippen LogP contribution in [0.15, 0.2) is 60.8 Å². The lowest BCUT2D eigenvalue weighted by Crippen LogP contribution is -2.23. The van der Waals surface area contributed by atoms with Gasteiger partial charge in [-0.1, -0.05) is 23.8 Å². The highest BCUT2D eigenvalue weighted by Crippen LogP contribution is 2.22. The van der Waals surface area contributed by atoms with E-state index in [1.807, 2.05) is 24.3 Å². The predicted molar refractivity (Wildman–Crippen MR) is 110 cm³/mol. The van der Waals surface area contributed by atoms with Gasteiger partial charge in [0.05, 0.1) is 0 Å². The molecule has 3 aromatic rings. The van der Waals surface area contributed by atoms with E-state index in [1.54, 1.807) is 12.3 Å². The predicted octanol–water partition coefficient (Wildman–Crippen LogP) is 4.17. The first-order chi connectivity index (χ1) is 13.0. The Kier molecular flexibility index (Phi) is 5.87. The van der Waals surface area contributed by atoms with Gasteiger partial charge in [0.15, 0.2) is 0 Å². The number of aryl methyl sites for hydroxylation is 2. The lowest BCUT2D eigenvalue weighted by atomic mass is 10.2. The molecule has 138 valence electrons. The number of benzene rings is 1. The maximum Gasteiger partial charge on any atom is 0.244 e. The number of amides is 1. The zero-order chi connectivity index (χ0) is 19.2. The summed E-state index contributed by atoms with van der Waals surface area (Å²) in [6.45, 7) is 6.81. The van der Waals surface area contributed by atoms with Crippen LogP contribution in [0.3, 0.4) is 0 Å². The molecule has 0 aliphatic carbocycles. The van der Waals surface area contributed by atoms with Crippen LogP contribution in [0.4, 0.5) is 0 Å². The minimum absolute atomic E-state index is 0.0916. The number of carbonyl (C=O) groups is 1. The molecule has 4 nitrogen and oxygen atoms in total. The second kappa shape index (κ2) is 8.49. The number of hydrogen-bond acceptors (Lipinski definition) is 2. The Morgan fingerprint density at radius 2 is 1.89 bits per heavy atom. The molecule has 1 aromatic carbocycles. The van der Waals surface area contributed by atoms with Crippen LogP contribution in [-0.4, -0.2) is 22.0 Å². The first kappa shape index (κ1) is 18.6. The van der Waals surface area contributed by atoms with E-state index in [2.05, 4.69) is 66.0 Å². The zero-order valence-corrected chi connectivity index (χ0v) is 16.1. The summed E-state index contributed by atoms with van der Waals surface area (Å²) in [7, 11) is 0. The van der Waals surface area contributed by atoms with Crippen LogP contribution in [-0.2, 0) is 11.2 Å². The minimum Gasteiger partial charge on any atom is -0.352 e. The average molecular weight is 359 g/mol. The third-order valence-electron chi connectivity index (χ3n) is 4.58. The molecule has 0 saturated carbocycles. The summed E-state index contributed by atoms with van der Waals surface area (Å²) in [4.78, 5) is 16.3. The Bertz CT molecular complexity index is 938. The number of pyridine rings is 1. The van der Waals surface area contributed by atoms with Crippen molar-refractivity contribution in [2.45, 2.75) is 27.2 Å². The summed E-state index contributed by atoms with van der Waals surface area (Å²) < 4.78 is 2.21. The van der Waals surface area contributed by atoms with Gasteiger partial charge in [-0.3, -0.25) is 9.78 Å². The van der Waals surface area contributed by atoms with Crippen molar-refractivity contribution in [3.05, 3.63) is 89.0 Å².